The van der Waals surface area contributed by atoms with Gasteiger partial charge in [0.2, 0.25) is 26.0 Å². The van der Waals surface area contributed by atoms with Crippen molar-refractivity contribution in [3.63, 3.8) is 0 Å². The molecule has 1 unspecified atom stereocenters. The molecule has 0 spiro atoms. The lowest BCUT2D eigenvalue weighted by Gasteiger charge is -2.36. The van der Waals surface area contributed by atoms with Gasteiger partial charge in [-0.1, -0.05) is 37.5 Å². The van der Waals surface area contributed by atoms with Crippen molar-refractivity contribution in [3.05, 3.63) is 54.6 Å². The van der Waals surface area contributed by atoms with E-state index in [0.717, 1.165) is 24.2 Å². The van der Waals surface area contributed by atoms with E-state index in [0.29, 0.717) is 12.8 Å². The van der Waals surface area contributed by atoms with E-state index < -0.39 is 37.9 Å². The summed E-state index contributed by atoms with van der Waals surface area (Å²) in [7, 11) is -7.97. The minimum atomic E-state index is -4.03. The van der Waals surface area contributed by atoms with Gasteiger partial charge in [0, 0.05) is 6.04 Å². The Bertz CT molecular complexity index is 1250. The molecular formula is C22H25N3O6S2. The highest BCUT2D eigenvalue weighted by Gasteiger charge is 2.49. The molecule has 1 aliphatic heterocycles. The standard InChI is InChI=1S/C22H25N3O6S2/c23-32(28,29)18-13-11-16(12-14-18)24-21(26)15-20(22(24)27)25(17-7-3-1-4-8-17)33(30,31)19-9-5-2-6-10-19/h2,5-6,9-14,17,20H,1,3-4,7-8,15H2,(H2,23,28,29). The van der Waals surface area contributed by atoms with Gasteiger partial charge in [0.1, 0.15) is 6.04 Å². The zero-order chi connectivity index (χ0) is 23.8. The number of hydrogen-bond donors (Lipinski definition) is 1. The van der Waals surface area contributed by atoms with Crippen LogP contribution in [0.1, 0.15) is 38.5 Å². The molecule has 0 radical (unpaired) electrons. The monoisotopic (exact) mass is 491 g/mol. The number of carbonyl (C=O) groups is 2. The van der Waals surface area contributed by atoms with Crippen molar-refractivity contribution in [2.75, 3.05) is 4.90 Å². The second-order valence-electron chi connectivity index (χ2n) is 8.27. The molecule has 2 aromatic carbocycles. The minimum Gasteiger partial charge on any atom is -0.274 e. The van der Waals surface area contributed by atoms with Crippen LogP contribution in [0.3, 0.4) is 0 Å². The van der Waals surface area contributed by atoms with Gasteiger partial charge in [0.15, 0.2) is 0 Å². The molecule has 1 saturated carbocycles. The van der Waals surface area contributed by atoms with E-state index >= 15 is 0 Å². The quantitative estimate of drug-likeness (QED) is 0.614. The third-order valence-electron chi connectivity index (χ3n) is 6.11. The average molecular weight is 492 g/mol. The highest BCUT2D eigenvalue weighted by atomic mass is 32.2. The van der Waals surface area contributed by atoms with Gasteiger partial charge in [-0.15, -0.1) is 0 Å². The summed E-state index contributed by atoms with van der Waals surface area (Å²) in [5.41, 5.74) is 0.167. The van der Waals surface area contributed by atoms with Gasteiger partial charge in [-0.3, -0.25) is 9.59 Å². The van der Waals surface area contributed by atoms with Gasteiger partial charge in [-0.05, 0) is 49.2 Å². The first-order chi connectivity index (χ1) is 15.6. The largest absolute Gasteiger partial charge is 0.274 e. The van der Waals surface area contributed by atoms with Crippen LogP contribution in [-0.4, -0.2) is 45.0 Å². The molecule has 2 N–H and O–H groups in total. The van der Waals surface area contributed by atoms with Crippen LogP contribution in [-0.2, 0) is 29.6 Å². The van der Waals surface area contributed by atoms with Crippen LogP contribution in [0.4, 0.5) is 5.69 Å². The summed E-state index contributed by atoms with van der Waals surface area (Å²) >= 11 is 0. The molecule has 2 amide bonds. The van der Waals surface area contributed by atoms with Crippen LogP contribution in [0.5, 0.6) is 0 Å². The number of primary sulfonamides is 1. The fraction of sp³-hybridized carbons (Fsp3) is 0.364. The van der Waals surface area contributed by atoms with Crippen LogP contribution in [0.15, 0.2) is 64.4 Å². The maximum Gasteiger partial charge on any atom is 0.252 e. The topological polar surface area (TPSA) is 135 Å². The molecule has 1 saturated heterocycles. The molecule has 1 aliphatic carbocycles. The van der Waals surface area contributed by atoms with Crippen molar-refractivity contribution < 1.29 is 26.4 Å². The van der Waals surface area contributed by atoms with Crippen molar-refractivity contribution >= 4 is 37.5 Å². The molecule has 0 bridgehead atoms. The van der Waals surface area contributed by atoms with Gasteiger partial charge in [-0.25, -0.2) is 26.9 Å². The van der Waals surface area contributed by atoms with E-state index in [4.69, 9.17) is 5.14 Å². The number of anilines is 1. The first-order valence-corrected chi connectivity index (χ1v) is 13.7. The van der Waals surface area contributed by atoms with Gasteiger partial charge in [-0.2, -0.15) is 4.31 Å². The molecule has 2 aromatic rings. The van der Waals surface area contributed by atoms with Crippen LogP contribution < -0.4 is 10.0 Å². The summed E-state index contributed by atoms with van der Waals surface area (Å²) < 4.78 is 51.5. The second kappa shape index (κ2) is 8.98. The fourth-order valence-corrected chi connectivity index (χ4v) is 6.90. The average Bonchev–Trinajstić information content (AvgIpc) is 3.08. The maximum absolute atomic E-state index is 13.6. The van der Waals surface area contributed by atoms with Crippen LogP contribution in [0.25, 0.3) is 0 Å². The number of carbonyl (C=O) groups excluding carboxylic acids is 2. The van der Waals surface area contributed by atoms with Crippen molar-refractivity contribution in [2.24, 2.45) is 5.14 Å². The number of amides is 2. The highest BCUT2D eigenvalue weighted by Crippen LogP contribution is 2.35. The molecular weight excluding hydrogens is 466 g/mol. The van der Waals surface area contributed by atoms with Crippen molar-refractivity contribution in [2.45, 2.75) is 60.4 Å². The Labute approximate surface area is 193 Å². The Morgan fingerprint density at radius 2 is 1.42 bits per heavy atom. The van der Waals surface area contributed by atoms with E-state index in [9.17, 15) is 26.4 Å². The van der Waals surface area contributed by atoms with Crippen molar-refractivity contribution in [3.8, 4) is 0 Å². The number of nitrogens with two attached hydrogens (primary N) is 1. The number of hydrogen-bond acceptors (Lipinski definition) is 6. The van der Waals surface area contributed by atoms with E-state index in [1.165, 1.54) is 40.7 Å². The molecule has 33 heavy (non-hydrogen) atoms. The molecule has 176 valence electrons. The summed E-state index contributed by atoms with van der Waals surface area (Å²) in [5, 5.41) is 5.11. The fourth-order valence-electron chi connectivity index (χ4n) is 4.54. The summed E-state index contributed by atoms with van der Waals surface area (Å²) in [5.74, 6) is -1.19. The van der Waals surface area contributed by atoms with E-state index in [-0.39, 0.29) is 27.9 Å². The Balaban J connectivity index is 1.71. The van der Waals surface area contributed by atoms with Gasteiger partial charge >= 0.3 is 0 Å². The number of benzene rings is 2. The minimum absolute atomic E-state index is 0.0757. The summed E-state index contributed by atoms with van der Waals surface area (Å²) in [6.07, 6.45) is 3.65. The zero-order valence-corrected chi connectivity index (χ0v) is 19.5. The van der Waals surface area contributed by atoms with Gasteiger partial charge < -0.3 is 0 Å². The third-order valence-corrected chi connectivity index (χ3v) is 9.01. The number of imide groups is 1. The normalized spacial score (nSPS) is 20.5. The van der Waals surface area contributed by atoms with Crippen LogP contribution in [0.2, 0.25) is 0 Å². The summed E-state index contributed by atoms with van der Waals surface area (Å²) in [6, 6.07) is 11.4. The van der Waals surface area contributed by atoms with Crippen LogP contribution in [0, 0.1) is 0 Å². The molecule has 1 atom stereocenters. The molecule has 1 heterocycles. The Kier molecular flexibility index (Phi) is 6.41. The van der Waals surface area contributed by atoms with Gasteiger partial charge in [0.05, 0.1) is 21.9 Å². The lowest BCUT2D eigenvalue weighted by Crippen LogP contribution is -2.51. The molecule has 2 aliphatic rings. The van der Waals surface area contributed by atoms with Crippen molar-refractivity contribution in [1.29, 1.82) is 0 Å². The van der Waals surface area contributed by atoms with Crippen LogP contribution >= 0.6 is 0 Å². The maximum atomic E-state index is 13.6. The summed E-state index contributed by atoms with van der Waals surface area (Å²) in [4.78, 5) is 27.1. The predicted octanol–water partition coefficient (Wildman–Crippen LogP) is 1.99. The number of rotatable bonds is 6. The summed E-state index contributed by atoms with van der Waals surface area (Å²) in [6.45, 7) is 0. The Hall–Kier alpha value is -2.60. The van der Waals surface area contributed by atoms with Crippen molar-refractivity contribution in [1.82, 2.24) is 4.31 Å². The molecule has 0 aromatic heterocycles. The molecule has 11 heteroatoms. The van der Waals surface area contributed by atoms with Gasteiger partial charge in [0.25, 0.3) is 5.91 Å². The first kappa shape index (κ1) is 23.6. The lowest BCUT2D eigenvalue weighted by molar-refractivity contribution is -0.122. The van der Waals surface area contributed by atoms with E-state index in [1.54, 1.807) is 18.2 Å². The second-order valence-corrected chi connectivity index (χ2v) is 11.7. The highest BCUT2D eigenvalue weighted by molar-refractivity contribution is 7.89. The Morgan fingerprint density at radius 1 is 0.818 bits per heavy atom. The number of sulfonamides is 2. The van der Waals surface area contributed by atoms with E-state index in [1.807, 2.05) is 0 Å². The van der Waals surface area contributed by atoms with E-state index in [2.05, 4.69) is 0 Å². The Morgan fingerprint density at radius 3 is 2.00 bits per heavy atom. The first-order valence-electron chi connectivity index (χ1n) is 10.7. The smallest absolute Gasteiger partial charge is 0.252 e. The molecule has 9 nitrogen and oxygen atoms in total. The zero-order valence-electron chi connectivity index (χ0n) is 17.8. The lowest BCUT2D eigenvalue weighted by atomic mass is 9.94. The SMILES string of the molecule is NS(=O)(=O)c1ccc(N2C(=O)CC(N(C3CCCCC3)S(=O)(=O)c3ccccc3)C2=O)cc1. The third kappa shape index (κ3) is 4.58. The predicted molar refractivity (Wildman–Crippen MR) is 121 cm³/mol. The molecule has 2 fully saturated rings. The number of nitrogens with zero attached hydrogens (tertiary/aromatic N) is 2. The molecule has 4 rings (SSSR count).